The third kappa shape index (κ3) is 1.79. The molecule has 0 amide bonds. The molecule has 1 aromatic carbocycles. The number of para-hydroxylation sites is 2. The number of nitrogens with zero attached hydrogens (tertiary/aromatic N) is 1. The SMILES string of the molecule is O=C(O)C(C(=O)S)c1nc2ccccc2o1. The van der Waals surface area contributed by atoms with Crippen molar-refractivity contribution in [2.75, 3.05) is 0 Å². The summed E-state index contributed by atoms with van der Waals surface area (Å²) in [7, 11) is 0. The second-order valence-electron chi connectivity index (χ2n) is 3.13. The van der Waals surface area contributed by atoms with Crippen molar-refractivity contribution in [3.05, 3.63) is 30.2 Å². The summed E-state index contributed by atoms with van der Waals surface area (Å²) in [5.74, 6) is -2.93. The predicted molar refractivity (Wildman–Crippen MR) is 58.4 cm³/mol. The summed E-state index contributed by atoms with van der Waals surface area (Å²) in [6.07, 6.45) is 0. The van der Waals surface area contributed by atoms with Crippen LogP contribution in [0.15, 0.2) is 28.7 Å². The summed E-state index contributed by atoms with van der Waals surface area (Å²) in [5, 5.41) is 8.05. The Hall–Kier alpha value is -1.82. The van der Waals surface area contributed by atoms with E-state index < -0.39 is 17.0 Å². The Balaban J connectivity index is 2.53. The van der Waals surface area contributed by atoms with Crippen molar-refractivity contribution in [3.8, 4) is 0 Å². The lowest BCUT2D eigenvalue weighted by molar-refractivity contribution is -0.141. The Morgan fingerprint density at radius 2 is 2.06 bits per heavy atom. The highest BCUT2D eigenvalue weighted by molar-refractivity contribution is 7.96. The van der Waals surface area contributed by atoms with Gasteiger partial charge in [-0.2, -0.15) is 0 Å². The van der Waals surface area contributed by atoms with Gasteiger partial charge in [-0.3, -0.25) is 9.59 Å². The highest BCUT2D eigenvalue weighted by Crippen LogP contribution is 2.23. The molecule has 16 heavy (non-hydrogen) atoms. The molecule has 0 aliphatic carbocycles. The van der Waals surface area contributed by atoms with Gasteiger partial charge in [-0.05, 0) is 12.1 Å². The fourth-order valence-electron chi connectivity index (χ4n) is 1.33. The number of oxazole rings is 1. The normalized spacial score (nSPS) is 12.6. The van der Waals surface area contributed by atoms with E-state index >= 15 is 0 Å². The summed E-state index contributed by atoms with van der Waals surface area (Å²) < 4.78 is 5.19. The number of benzene rings is 1. The summed E-state index contributed by atoms with van der Waals surface area (Å²) in [4.78, 5) is 25.8. The molecule has 82 valence electrons. The Morgan fingerprint density at radius 1 is 1.38 bits per heavy atom. The molecule has 1 unspecified atom stereocenters. The molecule has 0 bridgehead atoms. The molecule has 0 radical (unpaired) electrons. The number of hydrogen-bond acceptors (Lipinski definition) is 4. The first-order chi connectivity index (χ1) is 7.59. The molecule has 1 atom stereocenters. The lowest BCUT2D eigenvalue weighted by Gasteiger charge is -2.01. The van der Waals surface area contributed by atoms with Gasteiger partial charge in [0.05, 0.1) is 0 Å². The number of carbonyl (C=O) groups is 2. The zero-order valence-electron chi connectivity index (χ0n) is 7.95. The van der Waals surface area contributed by atoms with Gasteiger partial charge in [0.2, 0.25) is 16.9 Å². The second-order valence-corrected chi connectivity index (χ2v) is 3.57. The van der Waals surface area contributed by atoms with Crippen molar-refractivity contribution >= 4 is 34.8 Å². The molecule has 0 aliphatic rings. The van der Waals surface area contributed by atoms with Crippen molar-refractivity contribution in [1.29, 1.82) is 0 Å². The van der Waals surface area contributed by atoms with Crippen LogP contribution < -0.4 is 0 Å². The van der Waals surface area contributed by atoms with E-state index in [4.69, 9.17) is 9.52 Å². The number of rotatable bonds is 3. The van der Waals surface area contributed by atoms with Gasteiger partial charge in [-0.15, -0.1) is 12.6 Å². The van der Waals surface area contributed by atoms with E-state index in [9.17, 15) is 9.59 Å². The van der Waals surface area contributed by atoms with E-state index in [1.54, 1.807) is 24.3 Å². The fraction of sp³-hybridized carbons (Fsp3) is 0.100. The van der Waals surface area contributed by atoms with Gasteiger partial charge in [0, 0.05) is 0 Å². The summed E-state index contributed by atoms with van der Waals surface area (Å²) in [5.41, 5.74) is 0.955. The maximum Gasteiger partial charge on any atom is 0.324 e. The monoisotopic (exact) mass is 237 g/mol. The average Bonchev–Trinajstić information content (AvgIpc) is 2.58. The van der Waals surface area contributed by atoms with E-state index in [0.29, 0.717) is 11.1 Å². The van der Waals surface area contributed by atoms with Crippen LogP contribution in [0.5, 0.6) is 0 Å². The molecule has 5 nitrogen and oxygen atoms in total. The molecule has 2 aromatic rings. The van der Waals surface area contributed by atoms with Crippen LogP contribution in [-0.2, 0) is 9.59 Å². The van der Waals surface area contributed by atoms with Gasteiger partial charge >= 0.3 is 5.97 Å². The summed E-state index contributed by atoms with van der Waals surface area (Å²) in [6.45, 7) is 0. The van der Waals surface area contributed by atoms with Crippen molar-refractivity contribution in [2.24, 2.45) is 0 Å². The van der Waals surface area contributed by atoms with Crippen LogP contribution in [-0.4, -0.2) is 21.2 Å². The molecule has 1 aromatic heterocycles. The lowest BCUT2D eigenvalue weighted by Crippen LogP contribution is -2.17. The number of aliphatic carboxylic acids is 1. The van der Waals surface area contributed by atoms with E-state index in [0.717, 1.165) is 0 Å². The van der Waals surface area contributed by atoms with E-state index in [-0.39, 0.29) is 5.89 Å². The fourth-order valence-corrected chi connectivity index (χ4v) is 1.55. The van der Waals surface area contributed by atoms with Crippen molar-refractivity contribution in [1.82, 2.24) is 4.98 Å². The van der Waals surface area contributed by atoms with E-state index in [1.165, 1.54) is 0 Å². The third-order valence-corrected chi connectivity index (χ3v) is 2.31. The molecule has 1 heterocycles. The minimum Gasteiger partial charge on any atom is -0.480 e. The molecular formula is C10H7NO4S. The first-order valence-corrected chi connectivity index (χ1v) is 4.85. The Bertz CT molecular complexity index is 516. The Labute approximate surface area is 95.5 Å². The zero-order valence-corrected chi connectivity index (χ0v) is 8.85. The van der Waals surface area contributed by atoms with Gasteiger partial charge < -0.3 is 9.52 Å². The predicted octanol–water partition coefficient (Wildman–Crippen LogP) is 1.45. The number of carbonyl (C=O) groups excluding carboxylic acids is 1. The van der Waals surface area contributed by atoms with E-state index in [1.807, 2.05) is 0 Å². The van der Waals surface area contributed by atoms with Crippen LogP contribution >= 0.6 is 12.6 Å². The zero-order chi connectivity index (χ0) is 11.7. The summed E-state index contributed by atoms with van der Waals surface area (Å²) >= 11 is 3.51. The Kier molecular flexibility index (Phi) is 2.66. The number of fused-ring (bicyclic) bond motifs is 1. The quantitative estimate of drug-likeness (QED) is 0.623. The largest absolute Gasteiger partial charge is 0.480 e. The van der Waals surface area contributed by atoms with Gasteiger partial charge in [0.15, 0.2) is 5.58 Å². The number of hydrogen-bond donors (Lipinski definition) is 2. The maximum atomic E-state index is 11.0. The standard InChI is InChI=1S/C10H7NO4S/c12-9(13)7(10(14)16)8-11-5-3-1-2-4-6(5)15-8/h1-4,7H,(H,12,13)(H,14,16). The smallest absolute Gasteiger partial charge is 0.324 e. The van der Waals surface area contributed by atoms with Gasteiger partial charge in [-0.25, -0.2) is 4.98 Å². The maximum absolute atomic E-state index is 11.0. The van der Waals surface area contributed by atoms with Crippen LogP contribution in [0.3, 0.4) is 0 Å². The number of aromatic nitrogens is 1. The first kappa shape index (κ1) is 10.7. The van der Waals surface area contributed by atoms with Crippen LogP contribution in [0.25, 0.3) is 11.1 Å². The highest BCUT2D eigenvalue weighted by Gasteiger charge is 2.30. The molecule has 1 N–H and O–H groups in total. The molecule has 0 saturated carbocycles. The molecule has 0 fully saturated rings. The molecular weight excluding hydrogens is 230 g/mol. The van der Waals surface area contributed by atoms with Gasteiger partial charge in [0.1, 0.15) is 5.52 Å². The lowest BCUT2D eigenvalue weighted by atomic mass is 10.2. The molecule has 0 saturated heterocycles. The highest BCUT2D eigenvalue weighted by atomic mass is 32.1. The second kappa shape index (κ2) is 3.97. The minimum absolute atomic E-state index is 0.145. The number of carboxylic acids is 1. The summed E-state index contributed by atoms with van der Waals surface area (Å²) in [6, 6.07) is 6.79. The van der Waals surface area contributed by atoms with Crippen LogP contribution in [0.2, 0.25) is 0 Å². The molecule has 6 heteroatoms. The number of thiol groups is 1. The van der Waals surface area contributed by atoms with Crippen LogP contribution in [0.1, 0.15) is 11.8 Å². The average molecular weight is 237 g/mol. The van der Waals surface area contributed by atoms with E-state index in [2.05, 4.69) is 17.6 Å². The third-order valence-electron chi connectivity index (χ3n) is 2.05. The van der Waals surface area contributed by atoms with Crippen LogP contribution in [0.4, 0.5) is 0 Å². The topological polar surface area (TPSA) is 80.4 Å². The van der Waals surface area contributed by atoms with Crippen molar-refractivity contribution in [2.45, 2.75) is 5.92 Å². The molecule has 0 spiro atoms. The Morgan fingerprint density at radius 3 is 2.62 bits per heavy atom. The van der Waals surface area contributed by atoms with Crippen molar-refractivity contribution < 1.29 is 19.1 Å². The number of carboxylic acid groups (broad SMARTS) is 1. The molecule has 0 aliphatic heterocycles. The van der Waals surface area contributed by atoms with Gasteiger partial charge in [-0.1, -0.05) is 12.1 Å². The van der Waals surface area contributed by atoms with Crippen molar-refractivity contribution in [3.63, 3.8) is 0 Å². The minimum atomic E-state index is -1.46. The van der Waals surface area contributed by atoms with Crippen LogP contribution in [0, 0.1) is 0 Å². The molecule has 2 rings (SSSR count). The van der Waals surface area contributed by atoms with Gasteiger partial charge in [0.25, 0.3) is 0 Å². The first-order valence-electron chi connectivity index (χ1n) is 4.40.